The van der Waals surface area contributed by atoms with E-state index >= 15 is 0 Å². The van der Waals surface area contributed by atoms with Crippen LogP contribution in [0.4, 0.5) is 0 Å². The van der Waals surface area contributed by atoms with E-state index < -0.39 is 16.6 Å². The van der Waals surface area contributed by atoms with Gasteiger partial charge in [0.2, 0.25) is 0 Å². The third-order valence-electron chi connectivity index (χ3n) is 1.96. The van der Waals surface area contributed by atoms with Gasteiger partial charge < -0.3 is 9.47 Å². The quantitative estimate of drug-likeness (QED) is 0.716. The predicted octanol–water partition coefficient (Wildman–Crippen LogP) is 0.193. The van der Waals surface area contributed by atoms with E-state index in [1.54, 1.807) is 0 Å². The van der Waals surface area contributed by atoms with Crippen LogP contribution in [0.15, 0.2) is 0 Å². The van der Waals surface area contributed by atoms with E-state index in [-0.39, 0.29) is 6.10 Å². The molecule has 1 fully saturated rings. The maximum atomic E-state index is 10.9. The summed E-state index contributed by atoms with van der Waals surface area (Å²) in [7, 11) is -1.32. The van der Waals surface area contributed by atoms with Gasteiger partial charge in [-0.1, -0.05) is 0 Å². The summed E-state index contributed by atoms with van der Waals surface area (Å²) in [6.45, 7) is 5.09. The molecule has 5 heteroatoms. The highest BCUT2D eigenvalue weighted by Crippen LogP contribution is 2.25. The fourth-order valence-corrected chi connectivity index (χ4v) is 2.40. The van der Waals surface area contributed by atoms with E-state index in [2.05, 4.69) is 0 Å². The molecular formula is C8H17NO3S. The Morgan fingerprint density at radius 3 is 2.77 bits per heavy atom. The summed E-state index contributed by atoms with van der Waals surface area (Å²) in [5, 5.41) is 5.27. The van der Waals surface area contributed by atoms with Crippen molar-refractivity contribution < 1.29 is 13.7 Å². The van der Waals surface area contributed by atoms with Crippen LogP contribution >= 0.6 is 0 Å². The molecule has 2 unspecified atom stereocenters. The number of hydrogen-bond donors (Lipinski definition) is 1. The molecule has 13 heavy (non-hydrogen) atoms. The molecule has 2 atom stereocenters. The topological polar surface area (TPSA) is 61.5 Å². The second kappa shape index (κ2) is 4.50. The Balaban J connectivity index is 2.57. The Morgan fingerprint density at radius 2 is 2.38 bits per heavy atom. The van der Waals surface area contributed by atoms with Gasteiger partial charge in [-0.3, -0.25) is 5.14 Å². The zero-order chi connectivity index (χ0) is 9.90. The van der Waals surface area contributed by atoms with Crippen molar-refractivity contribution in [1.82, 2.24) is 0 Å². The van der Waals surface area contributed by atoms with Gasteiger partial charge in [-0.25, -0.2) is 4.21 Å². The third-order valence-corrected chi connectivity index (χ3v) is 2.77. The SMILES string of the molecule is CC(C)OC1(CS(N)=O)CCOC1. The molecule has 2 N–H and O–H groups in total. The molecule has 0 aromatic carbocycles. The van der Waals surface area contributed by atoms with Crippen LogP contribution in [0.25, 0.3) is 0 Å². The largest absolute Gasteiger partial charge is 0.378 e. The Labute approximate surface area is 81.4 Å². The van der Waals surface area contributed by atoms with E-state index in [0.717, 1.165) is 6.42 Å². The molecule has 1 heterocycles. The summed E-state index contributed by atoms with van der Waals surface area (Å²) < 4.78 is 21.9. The summed E-state index contributed by atoms with van der Waals surface area (Å²) in [5.41, 5.74) is -0.409. The standard InChI is InChI=1S/C8H17NO3S/c1-7(2)12-8(6-13(9)10)3-4-11-5-8/h7H,3-6,9H2,1-2H3. The first kappa shape index (κ1) is 11.1. The predicted molar refractivity (Wildman–Crippen MR) is 51.6 cm³/mol. The lowest BCUT2D eigenvalue weighted by Crippen LogP contribution is -2.42. The molecule has 1 rings (SSSR count). The van der Waals surface area contributed by atoms with Crippen LogP contribution < -0.4 is 5.14 Å². The van der Waals surface area contributed by atoms with Crippen molar-refractivity contribution in [2.24, 2.45) is 5.14 Å². The van der Waals surface area contributed by atoms with E-state index in [1.807, 2.05) is 13.8 Å². The molecule has 1 saturated heterocycles. The summed E-state index contributed by atoms with van der Waals surface area (Å²) in [6.07, 6.45) is 0.902. The molecule has 0 aromatic heterocycles. The summed E-state index contributed by atoms with van der Waals surface area (Å²) in [6, 6.07) is 0. The van der Waals surface area contributed by atoms with Crippen LogP contribution in [0, 0.1) is 0 Å². The molecule has 78 valence electrons. The molecule has 0 spiro atoms. The first-order valence-corrected chi connectivity index (χ1v) is 5.81. The molecule has 0 saturated carbocycles. The molecule has 0 bridgehead atoms. The van der Waals surface area contributed by atoms with Gasteiger partial charge in [-0.2, -0.15) is 0 Å². The van der Waals surface area contributed by atoms with Crippen molar-refractivity contribution in [3.8, 4) is 0 Å². The van der Waals surface area contributed by atoms with Gasteiger partial charge in [0.05, 0.1) is 29.4 Å². The van der Waals surface area contributed by atoms with Gasteiger partial charge in [0, 0.05) is 13.0 Å². The van der Waals surface area contributed by atoms with Crippen LogP contribution in [0.1, 0.15) is 20.3 Å². The van der Waals surface area contributed by atoms with Gasteiger partial charge in [-0.05, 0) is 13.8 Å². The number of hydrogen-bond acceptors (Lipinski definition) is 3. The molecule has 0 amide bonds. The van der Waals surface area contributed by atoms with Crippen LogP contribution in [-0.4, -0.2) is 34.9 Å². The van der Waals surface area contributed by atoms with Crippen LogP contribution in [0.3, 0.4) is 0 Å². The first-order valence-electron chi connectivity index (χ1n) is 4.42. The zero-order valence-corrected chi connectivity index (χ0v) is 8.93. The minimum atomic E-state index is -1.32. The monoisotopic (exact) mass is 207 g/mol. The summed E-state index contributed by atoms with van der Waals surface area (Å²) in [4.78, 5) is 0. The second-order valence-electron chi connectivity index (χ2n) is 3.68. The van der Waals surface area contributed by atoms with Crippen molar-refractivity contribution in [3.05, 3.63) is 0 Å². The average Bonchev–Trinajstić information content (AvgIpc) is 2.33. The summed E-state index contributed by atoms with van der Waals surface area (Å²) >= 11 is 0. The van der Waals surface area contributed by atoms with E-state index in [1.165, 1.54) is 0 Å². The normalized spacial score (nSPS) is 31.1. The molecule has 1 aliphatic rings. The fraction of sp³-hybridized carbons (Fsp3) is 1.00. The third kappa shape index (κ3) is 3.34. The van der Waals surface area contributed by atoms with Crippen molar-refractivity contribution in [2.75, 3.05) is 19.0 Å². The molecule has 0 radical (unpaired) electrons. The minimum Gasteiger partial charge on any atom is -0.378 e. The number of nitrogens with two attached hydrogens (primary N) is 1. The highest BCUT2D eigenvalue weighted by atomic mass is 32.2. The molecule has 0 aliphatic carbocycles. The van der Waals surface area contributed by atoms with Crippen LogP contribution in [0.5, 0.6) is 0 Å². The fourth-order valence-electron chi connectivity index (χ4n) is 1.59. The molecule has 1 aliphatic heterocycles. The second-order valence-corrected chi connectivity index (χ2v) is 4.73. The lowest BCUT2D eigenvalue weighted by molar-refractivity contribution is -0.0666. The van der Waals surface area contributed by atoms with Gasteiger partial charge in [0.1, 0.15) is 5.60 Å². The highest BCUT2D eigenvalue weighted by Gasteiger charge is 2.38. The lowest BCUT2D eigenvalue weighted by atomic mass is 10.1. The van der Waals surface area contributed by atoms with Crippen molar-refractivity contribution in [3.63, 3.8) is 0 Å². The van der Waals surface area contributed by atoms with Crippen molar-refractivity contribution >= 4 is 11.0 Å². The van der Waals surface area contributed by atoms with Crippen LogP contribution in [-0.2, 0) is 20.5 Å². The van der Waals surface area contributed by atoms with Gasteiger partial charge in [0.25, 0.3) is 0 Å². The van der Waals surface area contributed by atoms with Crippen LogP contribution in [0.2, 0.25) is 0 Å². The highest BCUT2D eigenvalue weighted by molar-refractivity contribution is 7.82. The van der Waals surface area contributed by atoms with Gasteiger partial charge in [-0.15, -0.1) is 0 Å². The van der Waals surface area contributed by atoms with Gasteiger partial charge in [0.15, 0.2) is 0 Å². The minimum absolute atomic E-state index is 0.116. The van der Waals surface area contributed by atoms with Crippen molar-refractivity contribution in [2.45, 2.75) is 32.0 Å². The van der Waals surface area contributed by atoms with E-state index in [4.69, 9.17) is 14.6 Å². The smallest absolute Gasteiger partial charge is 0.107 e. The van der Waals surface area contributed by atoms with E-state index in [0.29, 0.717) is 19.0 Å². The zero-order valence-electron chi connectivity index (χ0n) is 8.12. The average molecular weight is 207 g/mol. The lowest BCUT2D eigenvalue weighted by Gasteiger charge is -2.28. The Kier molecular flexibility index (Phi) is 3.85. The van der Waals surface area contributed by atoms with E-state index in [9.17, 15) is 4.21 Å². The molecule has 0 aromatic rings. The molecular weight excluding hydrogens is 190 g/mol. The number of ether oxygens (including phenoxy) is 2. The Morgan fingerprint density at radius 1 is 1.69 bits per heavy atom. The maximum absolute atomic E-state index is 10.9. The number of rotatable bonds is 4. The molecule has 4 nitrogen and oxygen atoms in total. The Hall–Kier alpha value is 0.0300. The first-order chi connectivity index (χ1) is 6.04. The summed E-state index contributed by atoms with van der Waals surface area (Å²) in [5.74, 6) is 0.366. The maximum Gasteiger partial charge on any atom is 0.107 e. The van der Waals surface area contributed by atoms with Crippen molar-refractivity contribution in [1.29, 1.82) is 0 Å². The Bertz CT molecular complexity index is 190. The van der Waals surface area contributed by atoms with Gasteiger partial charge >= 0.3 is 0 Å².